The third kappa shape index (κ3) is 2.55. The maximum absolute atomic E-state index is 12.1. The van der Waals surface area contributed by atoms with E-state index < -0.39 is 0 Å². The third-order valence-electron chi connectivity index (χ3n) is 4.05. The molecule has 4 heteroatoms. The summed E-state index contributed by atoms with van der Waals surface area (Å²) in [6.45, 7) is 3.71. The smallest absolute Gasteiger partial charge is 0.224 e. The molecule has 106 valence electrons. The fourth-order valence-electron chi connectivity index (χ4n) is 3.07. The molecule has 1 aliphatic rings. The predicted octanol–water partition coefficient (Wildman–Crippen LogP) is 3.90. The van der Waals surface area contributed by atoms with Crippen LogP contribution in [0.5, 0.6) is 0 Å². The highest BCUT2D eigenvalue weighted by atomic mass is 35.5. The van der Waals surface area contributed by atoms with Crippen LogP contribution in [0.2, 0.25) is 5.02 Å². The highest BCUT2D eigenvalue weighted by molar-refractivity contribution is 6.31. The number of nitrogens with zero attached hydrogens (tertiary/aromatic N) is 2. The van der Waals surface area contributed by atoms with Gasteiger partial charge in [-0.05, 0) is 36.6 Å². The molecule has 3 nitrogen and oxygen atoms in total. The molecule has 20 heavy (non-hydrogen) atoms. The largest absolute Gasteiger partial charge is 0.329 e. The van der Waals surface area contributed by atoms with Gasteiger partial charge in [0.15, 0.2) is 0 Å². The first-order chi connectivity index (χ1) is 9.67. The summed E-state index contributed by atoms with van der Waals surface area (Å²) in [5.74, 6) is 0.808. The lowest BCUT2D eigenvalue weighted by Gasteiger charge is -2.18. The number of hydrogen-bond donors (Lipinski definition) is 0. The minimum atomic E-state index is 0.277. The zero-order valence-corrected chi connectivity index (χ0v) is 12.4. The molecule has 1 aromatic heterocycles. The molecule has 3 rings (SSSR count). The maximum Gasteiger partial charge on any atom is 0.224 e. The molecule has 1 amide bonds. The molecule has 2 aromatic rings. The number of carbonyl (C=O) groups excluding carboxylic acids is 1. The zero-order chi connectivity index (χ0) is 14.1. The second-order valence-corrected chi connectivity index (χ2v) is 6.04. The van der Waals surface area contributed by atoms with Gasteiger partial charge in [0, 0.05) is 35.1 Å². The standard InChI is InChI=1S/C16H19ClN2O/c1-2-3-12-8-16(20)19(10-12)11-18-7-6-13-9-14(17)4-5-15(13)18/h4-7,9,12H,2-3,8,10-11H2,1H3. The summed E-state index contributed by atoms with van der Waals surface area (Å²) in [5.41, 5.74) is 1.13. The molecule has 1 saturated heterocycles. The van der Waals surface area contributed by atoms with Crippen molar-refractivity contribution in [2.75, 3.05) is 6.54 Å². The Morgan fingerprint density at radius 3 is 3.00 bits per heavy atom. The molecule has 1 aliphatic heterocycles. The van der Waals surface area contributed by atoms with Crippen LogP contribution in [-0.4, -0.2) is 21.9 Å². The van der Waals surface area contributed by atoms with Crippen LogP contribution in [0, 0.1) is 5.92 Å². The number of carbonyl (C=O) groups is 1. The molecule has 1 aromatic carbocycles. The van der Waals surface area contributed by atoms with E-state index in [4.69, 9.17) is 11.6 Å². The second kappa shape index (κ2) is 5.49. The lowest BCUT2D eigenvalue weighted by Crippen LogP contribution is -2.27. The molecule has 1 unspecified atom stereocenters. The van der Waals surface area contributed by atoms with Crippen LogP contribution in [0.1, 0.15) is 26.2 Å². The van der Waals surface area contributed by atoms with E-state index in [0.717, 1.165) is 35.3 Å². The van der Waals surface area contributed by atoms with E-state index >= 15 is 0 Å². The van der Waals surface area contributed by atoms with Gasteiger partial charge in [-0.1, -0.05) is 24.9 Å². The molecular formula is C16H19ClN2O. The number of rotatable bonds is 4. The summed E-state index contributed by atoms with van der Waals surface area (Å²) >= 11 is 6.00. The number of likely N-dealkylation sites (tertiary alicyclic amines) is 1. The van der Waals surface area contributed by atoms with Gasteiger partial charge in [0.2, 0.25) is 5.91 Å². The van der Waals surface area contributed by atoms with Crippen LogP contribution in [0.3, 0.4) is 0 Å². The SMILES string of the molecule is CCCC1CC(=O)N(Cn2ccc3cc(Cl)ccc32)C1. The van der Waals surface area contributed by atoms with Gasteiger partial charge in [0.05, 0.1) is 6.67 Å². The van der Waals surface area contributed by atoms with Crippen molar-refractivity contribution >= 4 is 28.4 Å². The first-order valence-electron chi connectivity index (χ1n) is 7.19. The van der Waals surface area contributed by atoms with E-state index in [1.54, 1.807) is 0 Å². The Morgan fingerprint density at radius 2 is 2.20 bits per heavy atom. The van der Waals surface area contributed by atoms with Crippen LogP contribution in [0.25, 0.3) is 10.9 Å². The third-order valence-corrected chi connectivity index (χ3v) is 4.28. The summed E-state index contributed by atoms with van der Waals surface area (Å²) in [4.78, 5) is 14.0. The van der Waals surface area contributed by atoms with Crippen LogP contribution < -0.4 is 0 Å². The quantitative estimate of drug-likeness (QED) is 0.838. The first kappa shape index (κ1) is 13.5. The summed E-state index contributed by atoms with van der Waals surface area (Å²) in [6.07, 6.45) is 5.03. The fourth-order valence-corrected chi connectivity index (χ4v) is 3.25. The minimum absolute atomic E-state index is 0.277. The first-order valence-corrected chi connectivity index (χ1v) is 7.57. The molecule has 0 bridgehead atoms. The highest BCUT2D eigenvalue weighted by Crippen LogP contribution is 2.25. The van der Waals surface area contributed by atoms with Crippen LogP contribution in [0.15, 0.2) is 30.5 Å². The van der Waals surface area contributed by atoms with E-state index in [0.29, 0.717) is 19.0 Å². The molecule has 0 saturated carbocycles. The van der Waals surface area contributed by atoms with E-state index in [9.17, 15) is 4.79 Å². The summed E-state index contributed by atoms with van der Waals surface area (Å²) < 4.78 is 2.12. The molecular weight excluding hydrogens is 272 g/mol. The van der Waals surface area contributed by atoms with Gasteiger partial charge >= 0.3 is 0 Å². The maximum atomic E-state index is 12.1. The van der Waals surface area contributed by atoms with Gasteiger partial charge in [-0.25, -0.2) is 0 Å². The Hall–Kier alpha value is -1.48. The van der Waals surface area contributed by atoms with Crippen molar-refractivity contribution < 1.29 is 4.79 Å². The minimum Gasteiger partial charge on any atom is -0.329 e. The Bertz CT molecular complexity index is 634. The van der Waals surface area contributed by atoms with Gasteiger partial charge < -0.3 is 9.47 Å². The normalized spacial score (nSPS) is 19.2. The van der Waals surface area contributed by atoms with Gasteiger partial charge in [0.25, 0.3) is 0 Å². The Labute approximate surface area is 124 Å². The van der Waals surface area contributed by atoms with Crippen molar-refractivity contribution in [2.45, 2.75) is 32.9 Å². The molecule has 2 heterocycles. The monoisotopic (exact) mass is 290 g/mol. The number of aromatic nitrogens is 1. The Kier molecular flexibility index (Phi) is 3.70. The molecule has 1 atom stereocenters. The molecule has 0 aliphatic carbocycles. The molecule has 0 N–H and O–H groups in total. The number of halogens is 1. The van der Waals surface area contributed by atoms with Crippen molar-refractivity contribution in [1.29, 1.82) is 0 Å². The summed E-state index contributed by atoms with van der Waals surface area (Å²) in [5, 5.41) is 1.87. The number of fused-ring (bicyclic) bond motifs is 1. The average Bonchev–Trinajstić information content (AvgIpc) is 2.95. The van der Waals surface area contributed by atoms with E-state index in [-0.39, 0.29) is 5.91 Å². The average molecular weight is 291 g/mol. The van der Waals surface area contributed by atoms with Gasteiger partial charge in [-0.15, -0.1) is 0 Å². The topological polar surface area (TPSA) is 25.2 Å². The number of amides is 1. The van der Waals surface area contributed by atoms with E-state index in [2.05, 4.69) is 11.5 Å². The van der Waals surface area contributed by atoms with Crippen LogP contribution in [-0.2, 0) is 11.5 Å². The van der Waals surface area contributed by atoms with Crippen molar-refractivity contribution in [2.24, 2.45) is 5.92 Å². The lowest BCUT2D eigenvalue weighted by atomic mass is 10.0. The Morgan fingerprint density at radius 1 is 1.35 bits per heavy atom. The summed E-state index contributed by atoms with van der Waals surface area (Å²) in [7, 11) is 0. The van der Waals surface area contributed by atoms with Crippen LogP contribution >= 0.6 is 11.6 Å². The Balaban J connectivity index is 1.78. The lowest BCUT2D eigenvalue weighted by molar-refractivity contribution is -0.129. The van der Waals surface area contributed by atoms with Crippen molar-refractivity contribution in [1.82, 2.24) is 9.47 Å². The highest BCUT2D eigenvalue weighted by Gasteiger charge is 2.28. The molecule has 0 spiro atoms. The fraction of sp³-hybridized carbons (Fsp3) is 0.438. The second-order valence-electron chi connectivity index (χ2n) is 5.61. The van der Waals surface area contributed by atoms with E-state index in [1.807, 2.05) is 35.4 Å². The van der Waals surface area contributed by atoms with E-state index in [1.165, 1.54) is 0 Å². The number of benzene rings is 1. The predicted molar refractivity (Wildman–Crippen MR) is 81.7 cm³/mol. The molecule has 1 fully saturated rings. The van der Waals surface area contributed by atoms with Gasteiger partial charge in [-0.2, -0.15) is 0 Å². The number of hydrogen-bond acceptors (Lipinski definition) is 1. The summed E-state index contributed by atoms with van der Waals surface area (Å²) in [6, 6.07) is 7.91. The van der Waals surface area contributed by atoms with Crippen molar-refractivity contribution in [3.8, 4) is 0 Å². The van der Waals surface area contributed by atoms with Gasteiger partial charge in [0.1, 0.15) is 0 Å². The zero-order valence-electron chi connectivity index (χ0n) is 11.7. The van der Waals surface area contributed by atoms with Crippen LogP contribution in [0.4, 0.5) is 0 Å². The molecule has 0 radical (unpaired) electrons. The van der Waals surface area contributed by atoms with Crippen molar-refractivity contribution in [3.63, 3.8) is 0 Å². The van der Waals surface area contributed by atoms with Gasteiger partial charge in [-0.3, -0.25) is 4.79 Å². The van der Waals surface area contributed by atoms with Crippen molar-refractivity contribution in [3.05, 3.63) is 35.5 Å².